The van der Waals surface area contributed by atoms with E-state index in [9.17, 15) is 9.59 Å². The molecular weight excluding hydrogens is 348 g/mol. The predicted octanol–water partition coefficient (Wildman–Crippen LogP) is 2.85. The van der Waals surface area contributed by atoms with Crippen LogP contribution in [0.1, 0.15) is 63.4 Å². The number of rotatable bonds is 6. The summed E-state index contributed by atoms with van der Waals surface area (Å²) in [7, 11) is 0. The molecule has 0 bridgehead atoms. The molecule has 0 spiro atoms. The van der Waals surface area contributed by atoms with Gasteiger partial charge in [0.05, 0.1) is 24.7 Å². The van der Waals surface area contributed by atoms with E-state index in [1.54, 1.807) is 31.5 Å². The van der Waals surface area contributed by atoms with E-state index in [-0.39, 0.29) is 29.6 Å². The van der Waals surface area contributed by atoms with Crippen molar-refractivity contribution >= 4 is 11.8 Å². The molecule has 1 saturated carbocycles. The quantitative estimate of drug-likeness (QED) is 0.488. The van der Waals surface area contributed by atoms with Gasteiger partial charge in [0.1, 0.15) is 5.56 Å². The van der Waals surface area contributed by atoms with Gasteiger partial charge in [-0.1, -0.05) is 5.16 Å². The lowest BCUT2D eigenvalue weighted by atomic mass is 9.96. The van der Waals surface area contributed by atoms with Crippen LogP contribution in [0.5, 0.6) is 0 Å². The first kappa shape index (κ1) is 17.1. The Balaban J connectivity index is 1.74. The van der Waals surface area contributed by atoms with E-state index in [0.29, 0.717) is 11.3 Å². The zero-order valence-electron chi connectivity index (χ0n) is 15.0. The van der Waals surface area contributed by atoms with E-state index in [2.05, 4.69) is 15.4 Å². The maximum Gasteiger partial charge on any atom is 0.361 e. The molecule has 1 aliphatic carbocycles. The van der Waals surface area contributed by atoms with Gasteiger partial charge in [-0.15, -0.1) is 0 Å². The molecule has 0 N–H and O–H groups in total. The maximum atomic E-state index is 13.3. The van der Waals surface area contributed by atoms with Crippen LogP contribution in [-0.4, -0.2) is 38.5 Å². The smallest absolute Gasteiger partial charge is 0.361 e. The number of nitrogens with zero attached hydrogens (tertiary/aromatic N) is 4. The predicted molar refractivity (Wildman–Crippen MR) is 94.0 cm³/mol. The second kappa shape index (κ2) is 6.79. The third kappa shape index (κ3) is 3.14. The number of ether oxygens (including phenoxy) is 1. The first-order valence-corrected chi connectivity index (χ1v) is 8.79. The lowest BCUT2D eigenvalue weighted by molar-refractivity contribution is 0.0512. The molecule has 0 aliphatic heterocycles. The zero-order valence-corrected chi connectivity index (χ0v) is 15.0. The summed E-state index contributed by atoms with van der Waals surface area (Å²) in [6.07, 6.45) is 5.00. The van der Waals surface area contributed by atoms with E-state index in [0.717, 1.165) is 24.1 Å². The van der Waals surface area contributed by atoms with Crippen LogP contribution in [0.3, 0.4) is 0 Å². The van der Waals surface area contributed by atoms with Crippen molar-refractivity contribution in [3.63, 3.8) is 0 Å². The molecule has 0 unspecified atom stereocenters. The Morgan fingerprint density at radius 3 is 2.63 bits per heavy atom. The van der Waals surface area contributed by atoms with Crippen LogP contribution < -0.4 is 0 Å². The number of aromatic nitrogens is 4. The number of hydrogen-bond donors (Lipinski definition) is 0. The molecule has 8 heteroatoms. The van der Waals surface area contributed by atoms with Gasteiger partial charge in [0.15, 0.2) is 11.5 Å². The molecule has 1 fully saturated rings. The fourth-order valence-corrected chi connectivity index (χ4v) is 3.00. The topological polar surface area (TPSA) is 100 Å². The molecule has 2 aromatic heterocycles. The second-order valence-electron chi connectivity index (χ2n) is 6.41. The molecule has 0 saturated heterocycles. The number of esters is 1. The van der Waals surface area contributed by atoms with Crippen molar-refractivity contribution in [2.75, 3.05) is 6.61 Å². The zero-order chi connectivity index (χ0) is 19.0. The fourth-order valence-electron chi connectivity index (χ4n) is 3.00. The van der Waals surface area contributed by atoms with Crippen molar-refractivity contribution in [3.05, 3.63) is 58.7 Å². The van der Waals surface area contributed by atoms with Gasteiger partial charge < -0.3 is 9.26 Å². The number of carbonyl (C=O) groups is 2. The first-order valence-electron chi connectivity index (χ1n) is 8.79. The van der Waals surface area contributed by atoms with Crippen molar-refractivity contribution < 1.29 is 18.8 Å². The molecule has 2 heterocycles. The van der Waals surface area contributed by atoms with E-state index in [1.165, 1.54) is 4.80 Å². The Morgan fingerprint density at radius 1 is 1.26 bits per heavy atom. The van der Waals surface area contributed by atoms with Crippen molar-refractivity contribution in [1.82, 2.24) is 20.2 Å². The Hall–Kier alpha value is -3.29. The van der Waals surface area contributed by atoms with Crippen LogP contribution in [0.15, 0.2) is 35.1 Å². The number of benzene rings is 1. The lowest BCUT2D eigenvalue weighted by Gasteiger charge is -2.08. The van der Waals surface area contributed by atoms with Gasteiger partial charge in [-0.05, 0) is 50.5 Å². The van der Waals surface area contributed by atoms with Gasteiger partial charge >= 0.3 is 5.97 Å². The highest BCUT2D eigenvalue weighted by Gasteiger charge is 2.37. The summed E-state index contributed by atoms with van der Waals surface area (Å²) in [6.45, 7) is 3.73. The summed E-state index contributed by atoms with van der Waals surface area (Å²) < 4.78 is 10.4. The van der Waals surface area contributed by atoms with Crippen LogP contribution in [0, 0.1) is 6.92 Å². The highest BCUT2D eigenvalue weighted by Crippen LogP contribution is 2.43. The lowest BCUT2D eigenvalue weighted by Crippen LogP contribution is -2.14. The monoisotopic (exact) mass is 366 g/mol. The fraction of sp³-hybridized carbons (Fsp3) is 0.316. The van der Waals surface area contributed by atoms with Gasteiger partial charge in [-0.2, -0.15) is 15.0 Å². The molecule has 0 radical (unpaired) electrons. The Kier molecular flexibility index (Phi) is 4.31. The highest BCUT2D eigenvalue weighted by atomic mass is 16.5. The molecule has 0 atom stereocenters. The minimum Gasteiger partial charge on any atom is -0.461 e. The summed E-state index contributed by atoms with van der Waals surface area (Å²) in [5, 5.41) is 12.0. The van der Waals surface area contributed by atoms with Gasteiger partial charge in [-0.25, -0.2) is 4.79 Å². The normalized spacial score (nSPS) is 13.6. The number of ketones is 1. The molecule has 1 aromatic carbocycles. The Morgan fingerprint density at radius 2 is 2.00 bits per heavy atom. The number of carbonyl (C=O) groups excluding carboxylic acids is 2. The Bertz CT molecular complexity index is 1000. The average Bonchev–Trinajstić information content (AvgIpc) is 3.19. The number of hydrogen-bond acceptors (Lipinski definition) is 7. The number of aryl methyl sites for hydroxylation is 1. The largest absolute Gasteiger partial charge is 0.461 e. The summed E-state index contributed by atoms with van der Waals surface area (Å²) in [6, 6.07) is 5.28. The van der Waals surface area contributed by atoms with Gasteiger partial charge in [0.2, 0.25) is 5.69 Å². The van der Waals surface area contributed by atoms with Crippen LogP contribution >= 0.6 is 0 Å². The molecule has 4 rings (SSSR count). The Labute approximate surface area is 155 Å². The van der Waals surface area contributed by atoms with E-state index < -0.39 is 5.97 Å². The molecule has 138 valence electrons. The van der Waals surface area contributed by atoms with E-state index in [4.69, 9.17) is 9.26 Å². The standard InChI is InChI=1S/C19H18N4O4/c1-3-26-19(25)16-15(18(27-22-16)12-4-5-12)17(24)14-7-6-13(10-11(14)2)23-20-8-9-21-23/h6-10,12H,3-5H2,1-2H3. The SMILES string of the molecule is CCOC(=O)c1noc(C2CC2)c1C(=O)c1ccc(-n2nccn2)cc1C. The third-order valence-corrected chi connectivity index (χ3v) is 4.47. The van der Waals surface area contributed by atoms with Crippen molar-refractivity contribution in [1.29, 1.82) is 0 Å². The van der Waals surface area contributed by atoms with Gasteiger partial charge in [-0.3, -0.25) is 4.79 Å². The summed E-state index contributed by atoms with van der Waals surface area (Å²) in [4.78, 5) is 27.0. The molecule has 8 nitrogen and oxygen atoms in total. The average molecular weight is 366 g/mol. The molecule has 0 amide bonds. The minimum absolute atomic E-state index is 0.0547. The second-order valence-corrected chi connectivity index (χ2v) is 6.41. The summed E-state index contributed by atoms with van der Waals surface area (Å²) in [5.74, 6) is -0.335. The maximum absolute atomic E-state index is 13.3. The molecule has 3 aromatic rings. The van der Waals surface area contributed by atoms with Gasteiger partial charge in [0, 0.05) is 11.5 Å². The van der Waals surface area contributed by atoms with E-state index >= 15 is 0 Å². The van der Waals surface area contributed by atoms with Crippen LogP contribution in [-0.2, 0) is 4.74 Å². The summed E-state index contributed by atoms with van der Waals surface area (Å²) in [5.41, 5.74) is 2.12. The van der Waals surface area contributed by atoms with E-state index in [1.807, 2.05) is 13.0 Å². The van der Waals surface area contributed by atoms with Crippen molar-refractivity contribution in [3.8, 4) is 5.69 Å². The molecule has 1 aliphatic rings. The minimum atomic E-state index is -0.647. The molecule has 27 heavy (non-hydrogen) atoms. The summed E-state index contributed by atoms with van der Waals surface area (Å²) >= 11 is 0. The molecular formula is C19H18N4O4. The van der Waals surface area contributed by atoms with Crippen LogP contribution in [0.2, 0.25) is 0 Å². The van der Waals surface area contributed by atoms with Crippen LogP contribution in [0.25, 0.3) is 5.69 Å². The first-order chi connectivity index (χ1) is 13.1. The third-order valence-electron chi connectivity index (χ3n) is 4.47. The highest BCUT2D eigenvalue weighted by molar-refractivity contribution is 6.15. The van der Waals surface area contributed by atoms with Crippen LogP contribution in [0.4, 0.5) is 0 Å². The van der Waals surface area contributed by atoms with Gasteiger partial charge in [0.25, 0.3) is 0 Å². The van der Waals surface area contributed by atoms with Crippen molar-refractivity contribution in [2.24, 2.45) is 0 Å². The van der Waals surface area contributed by atoms with Crippen molar-refractivity contribution in [2.45, 2.75) is 32.6 Å².